The average Bonchev–Trinajstić information content (AvgIpc) is 3.20. The van der Waals surface area contributed by atoms with Gasteiger partial charge in [0, 0.05) is 6.54 Å². The predicted octanol–water partition coefficient (Wildman–Crippen LogP) is 6.74. The number of rotatable bonds is 10. The molecule has 4 rings (SSSR count). The van der Waals surface area contributed by atoms with Crippen molar-refractivity contribution in [2.45, 2.75) is 40.3 Å². The lowest BCUT2D eigenvalue weighted by Gasteiger charge is -2.13. The fraction of sp³-hybridized carbons (Fsp3) is 0.276. The number of benzene rings is 3. The van der Waals surface area contributed by atoms with Crippen molar-refractivity contribution in [3.63, 3.8) is 0 Å². The van der Waals surface area contributed by atoms with Crippen LogP contribution in [-0.4, -0.2) is 23.3 Å². The summed E-state index contributed by atoms with van der Waals surface area (Å²) in [5.41, 5.74) is 5.65. The van der Waals surface area contributed by atoms with Crippen LogP contribution >= 0.6 is 0 Å². The van der Waals surface area contributed by atoms with E-state index in [0.717, 1.165) is 41.1 Å². The molecule has 5 heteroatoms. The van der Waals surface area contributed by atoms with Crippen molar-refractivity contribution in [1.29, 1.82) is 0 Å². The highest BCUT2D eigenvalue weighted by molar-refractivity contribution is 5.75. The summed E-state index contributed by atoms with van der Waals surface area (Å²) in [7, 11) is 1.66. The van der Waals surface area contributed by atoms with E-state index in [4.69, 9.17) is 19.2 Å². The predicted molar refractivity (Wildman–Crippen MR) is 138 cm³/mol. The Morgan fingerprint density at radius 1 is 0.912 bits per heavy atom. The molecule has 176 valence electrons. The summed E-state index contributed by atoms with van der Waals surface area (Å²) >= 11 is 0. The van der Waals surface area contributed by atoms with Gasteiger partial charge in [-0.15, -0.1) is 0 Å². The lowest BCUT2D eigenvalue weighted by atomic mass is 10.1. The number of ether oxygens (including phenoxy) is 3. The van der Waals surface area contributed by atoms with Gasteiger partial charge in [0.25, 0.3) is 0 Å². The fourth-order valence-electron chi connectivity index (χ4n) is 3.94. The lowest BCUT2D eigenvalue weighted by molar-refractivity contribution is 0.267. The van der Waals surface area contributed by atoms with Gasteiger partial charge in [-0.25, -0.2) is 4.98 Å². The molecule has 0 amide bonds. The summed E-state index contributed by atoms with van der Waals surface area (Å²) < 4.78 is 19.9. The third-order valence-electron chi connectivity index (χ3n) is 5.91. The Morgan fingerprint density at radius 3 is 2.56 bits per heavy atom. The van der Waals surface area contributed by atoms with Crippen molar-refractivity contribution in [2.75, 3.05) is 13.7 Å². The third-order valence-corrected chi connectivity index (χ3v) is 5.91. The van der Waals surface area contributed by atoms with E-state index in [1.54, 1.807) is 7.11 Å². The van der Waals surface area contributed by atoms with Gasteiger partial charge in [0.2, 0.25) is 0 Å². The van der Waals surface area contributed by atoms with Crippen molar-refractivity contribution >= 4 is 17.1 Å². The summed E-state index contributed by atoms with van der Waals surface area (Å²) in [6.45, 7) is 7.99. The Balaban J connectivity index is 1.46. The maximum atomic E-state index is 6.15. The molecule has 0 N–H and O–H groups in total. The molecule has 0 fully saturated rings. The second-order valence-corrected chi connectivity index (χ2v) is 8.32. The Labute approximate surface area is 201 Å². The van der Waals surface area contributed by atoms with Crippen LogP contribution in [0.15, 0.2) is 66.7 Å². The first-order valence-electron chi connectivity index (χ1n) is 11.7. The van der Waals surface area contributed by atoms with Gasteiger partial charge < -0.3 is 18.8 Å². The van der Waals surface area contributed by atoms with Crippen molar-refractivity contribution in [2.24, 2.45) is 0 Å². The van der Waals surface area contributed by atoms with Crippen LogP contribution in [0.1, 0.15) is 35.9 Å². The normalized spacial score (nSPS) is 11.3. The molecule has 34 heavy (non-hydrogen) atoms. The van der Waals surface area contributed by atoms with Crippen LogP contribution in [0.5, 0.6) is 17.2 Å². The number of hydrogen-bond donors (Lipinski definition) is 0. The molecule has 4 aromatic rings. The first-order chi connectivity index (χ1) is 16.6. The molecule has 0 saturated heterocycles. The van der Waals surface area contributed by atoms with E-state index >= 15 is 0 Å². The minimum absolute atomic E-state index is 0.353. The van der Waals surface area contributed by atoms with Gasteiger partial charge in [-0.05, 0) is 80.3 Å². The topological polar surface area (TPSA) is 45.5 Å². The summed E-state index contributed by atoms with van der Waals surface area (Å²) in [5, 5.41) is 0. The summed E-state index contributed by atoms with van der Waals surface area (Å²) in [4.78, 5) is 4.83. The van der Waals surface area contributed by atoms with Crippen LogP contribution in [0.25, 0.3) is 17.1 Å². The molecule has 1 heterocycles. The average molecular weight is 457 g/mol. The minimum Gasteiger partial charge on any atom is -0.494 e. The third kappa shape index (κ3) is 5.42. The van der Waals surface area contributed by atoms with E-state index in [2.05, 4.69) is 36.6 Å². The first-order valence-corrected chi connectivity index (χ1v) is 11.7. The number of aromatic nitrogens is 2. The molecule has 0 bridgehead atoms. The number of methoxy groups -OCH3 is 1. The van der Waals surface area contributed by atoms with E-state index in [0.29, 0.717) is 24.7 Å². The number of hydrogen-bond acceptors (Lipinski definition) is 4. The molecule has 5 nitrogen and oxygen atoms in total. The van der Waals surface area contributed by atoms with Crippen molar-refractivity contribution in [3.05, 3.63) is 89.3 Å². The number of allylic oxidation sites excluding steroid dienone is 1. The SMILES string of the molecule is C/C=C\c1ccc(OCc2nc3ccccc3n2CCCOc2ccc(C)c(C)c2)c(OC)c1. The summed E-state index contributed by atoms with van der Waals surface area (Å²) in [6, 6.07) is 20.3. The zero-order valence-electron chi connectivity index (χ0n) is 20.4. The second kappa shape index (κ2) is 10.9. The van der Waals surface area contributed by atoms with E-state index in [1.165, 1.54) is 11.1 Å². The number of fused-ring (bicyclic) bond motifs is 1. The van der Waals surface area contributed by atoms with E-state index in [1.807, 2.05) is 61.5 Å². The Kier molecular flexibility index (Phi) is 7.53. The molecule has 0 aliphatic heterocycles. The van der Waals surface area contributed by atoms with Gasteiger partial charge >= 0.3 is 0 Å². The largest absolute Gasteiger partial charge is 0.494 e. The molecule has 0 atom stereocenters. The Hall–Kier alpha value is -3.73. The number of para-hydroxylation sites is 2. The molecule has 0 unspecified atom stereocenters. The Morgan fingerprint density at radius 2 is 1.76 bits per heavy atom. The molecule has 0 radical (unpaired) electrons. The molecule has 1 aromatic heterocycles. The number of imidazole rings is 1. The van der Waals surface area contributed by atoms with E-state index in [9.17, 15) is 0 Å². The molecule has 0 aliphatic carbocycles. The first kappa shape index (κ1) is 23.4. The molecular weight excluding hydrogens is 424 g/mol. The quantitative estimate of drug-likeness (QED) is 0.248. The fourth-order valence-corrected chi connectivity index (χ4v) is 3.94. The molecule has 0 saturated carbocycles. The van der Waals surface area contributed by atoms with Crippen LogP contribution in [0.4, 0.5) is 0 Å². The van der Waals surface area contributed by atoms with Crippen molar-refractivity contribution in [1.82, 2.24) is 9.55 Å². The summed E-state index contributed by atoms with van der Waals surface area (Å²) in [5.74, 6) is 3.20. The zero-order chi connectivity index (χ0) is 23.9. The number of nitrogens with zero attached hydrogens (tertiary/aromatic N) is 2. The highest BCUT2D eigenvalue weighted by Crippen LogP contribution is 2.30. The van der Waals surface area contributed by atoms with Crippen LogP contribution in [0.2, 0.25) is 0 Å². The van der Waals surface area contributed by atoms with Crippen LogP contribution in [-0.2, 0) is 13.2 Å². The van der Waals surface area contributed by atoms with E-state index in [-0.39, 0.29) is 0 Å². The highest BCUT2D eigenvalue weighted by Gasteiger charge is 2.13. The smallest absolute Gasteiger partial charge is 0.161 e. The maximum absolute atomic E-state index is 6.15. The summed E-state index contributed by atoms with van der Waals surface area (Å²) in [6.07, 6.45) is 4.90. The van der Waals surface area contributed by atoms with Gasteiger partial charge in [-0.3, -0.25) is 0 Å². The van der Waals surface area contributed by atoms with Crippen LogP contribution in [0.3, 0.4) is 0 Å². The van der Waals surface area contributed by atoms with Crippen LogP contribution in [0, 0.1) is 13.8 Å². The Bertz CT molecular complexity index is 1290. The molecule has 0 aliphatic rings. The highest BCUT2D eigenvalue weighted by atomic mass is 16.5. The van der Waals surface area contributed by atoms with Gasteiger partial charge in [0.05, 0.1) is 24.8 Å². The monoisotopic (exact) mass is 456 g/mol. The molecule has 3 aromatic carbocycles. The van der Waals surface area contributed by atoms with Gasteiger partial charge in [-0.2, -0.15) is 0 Å². The van der Waals surface area contributed by atoms with Crippen LogP contribution < -0.4 is 14.2 Å². The number of aryl methyl sites for hydroxylation is 3. The van der Waals surface area contributed by atoms with Gasteiger partial charge in [0.15, 0.2) is 11.5 Å². The minimum atomic E-state index is 0.353. The second-order valence-electron chi connectivity index (χ2n) is 8.32. The standard InChI is InChI=1S/C29H32N2O3/c1-5-9-23-13-15-27(28(19-23)32-4)34-20-29-30-25-10-6-7-11-26(25)31(29)16-8-17-33-24-14-12-21(2)22(3)18-24/h5-7,9-15,18-19H,8,16-17,20H2,1-4H3/b9-5-. The van der Waals surface area contributed by atoms with Gasteiger partial charge in [-0.1, -0.05) is 36.4 Å². The van der Waals surface area contributed by atoms with Crippen molar-refractivity contribution < 1.29 is 14.2 Å². The zero-order valence-corrected chi connectivity index (χ0v) is 20.4. The lowest BCUT2D eigenvalue weighted by Crippen LogP contribution is -2.10. The molecule has 0 spiro atoms. The van der Waals surface area contributed by atoms with Gasteiger partial charge in [0.1, 0.15) is 18.2 Å². The maximum Gasteiger partial charge on any atom is 0.161 e. The van der Waals surface area contributed by atoms with Crippen molar-refractivity contribution in [3.8, 4) is 17.2 Å². The molecular formula is C29H32N2O3. The van der Waals surface area contributed by atoms with E-state index < -0.39 is 0 Å².